The van der Waals surface area contributed by atoms with Gasteiger partial charge in [-0.25, -0.2) is 9.97 Å². The van der Waals surface area contributed by atoms with Gasteiger partial charge in [0.15, 0.2) is 11.2 Å². The van der Waals surface area contributed by atoms with E-state index in [-0.39, 0.29) is 0 Å². The van der Waals surface area contributed by atoms with Gasteiger partial charge < -0.3 is 13.7 Å². The Morgan fingerprint density at radius 2 is 0.913 bits per heavy atom. The van der Waals surface area contributed by atoms with Gasteiger partial charge in [0.05, 0.1) is 0 Å². The molecule has 0 radical (unpaired) electrons. The average Bonchev–Trinajstić information content (AvgIpc) is 3.86. The monoisotopic (exact) mass is 611 g/mol. The van der Waals surface area contributed by atoms with Crippen LogP contribution in [0.5, 0.6) is 0 Å². The molecule has 0 aliphatic carbocycles. The minimum atomic E-state index is 0.606. The van der Waals surface area contributed by atoms with Gasteiger partial charge in [0.25, 0.3) is 0 Å². The Hall–Kier alpha value is -5.98. The van der Waals surface area contributed by atoms with Crippen LogP contribution in [0.1, 0.15) is 0 Å². The zero-order valence-electron chi connectivity index (χ0n) is 24.5. The molecule has 0 saturated heterocycles. The van der Waals surface area contributed by atoms with Crippen molar-refractivity contribution in [1.82, 2.24) is 9.97 Å². The van der Waals surface area contributed by atoms with Crippen molar-refractivity contribution in [2.45, 2.75) is 0 Å². The van der Waals surface area contributed by atoms with Gasteiger partial charge in [-0.2, -0.15) is 0 Å². The lowest BCUT2D eigenvalue weighted by Gasteiger charge is -2.26. The molecule has 3 heterocycles. The standard InChI is InChI=1S/C40H25N3O2S/c1-6-12-37-29(7-1)25-38(46-37)26-13-19-30(20-14-26)43(31-21-15-27(16-22-31)39-41-33-8-2-4-10-35(33)44-39)32-23-17-28(18-24-32)40-42-34-9-3-5-11-36(34)45-40/h1-25H. The number of fused-ring (bicyclic) bond motifs is 3. The Balaban J connectivity index is 1.09. The van der Waals surface area contributed by atoms with Crippen LogP contribution in [0.15, 0.2) is 160 Å². The molecule has 3 aromatic heterocycles. The Labute approximate surface area is 268 Å². The maximum absolute atomic E-state index is 6.04. The predicted molar refractivity (Wildman–Crippen MR) is 188 cm³/mol. The Kier molecular flexibility index (Phi) is 6.25. The van der Waals surface area contributed by atoms with E-state index in [1.54, 1.807) is 0 Å². The fraction of sp³-hybridized carbons (Fsp3) is 0. The van der Waals surface area contributed by atoms with Crippen molar-refractivity contribution in [3.8, 4) is 33.3 Å². The maximum Gasteiger partial charge on any atom is 0.227 e. The van der Waals surface area contributed by atoms with Crippen LogP contribution in [-0.4, -0.2) is 9.97 Å². The lowest BCUT2D eigenvalue weighted by Crippen LogP contribution is -2.09. The summed E-state index contributed by atoms with van der Waals surface area (Å²) < 4.78 is 13.4. The Morgan fingerprint density at radius 3 is 1.41 bits per heavy atom. The van der Waals surface area contributed by atoms with E-state index in [9.17, 15) is 0 Å². The van der Waals surface area contributed by atoms with E-state index in [0.29, 0.717) is 11.8 Å². The molecule has 0 N–H and O–H groups in total. The van der Waals surface area contributed by atoms with Crippen LogP contribution >= 0.6 is 11.3 Å². The molecule has 0 spiro atoms. The van der Waals surface area contributed by atoms with Gasteiger partial charge in [-0.15, -0.1) is 11.3 Å². The van der Waals surface area contributed by atoms with Crippen molar-refractivity contribution < 1.29 is 8.83 Å². The van der Waals surface area contributed by atoms with Crippen molar-refractivity contribution in [2.24, 2.45) is 0 Å². The Bertz CT molecular complexity index is 2090. The first-order valence-electron chi connectivity index (χ1n) is 15.1. The fourth-order valence-corrected chi connectivity index (χ4v) is 6.91. The SMILES string of the molecule is c1ccc2sc(-c3ccc(N(c4ccc(-c5nc6ccccc6o5)cc4)c4ccc(-c5nc6ccccc6o5)cc4)cc3)cc2c1. The molecule has 0 atom stereocenters. The minimum absolute atomic E-state index is 0.606. The van der Waals surface area contributed by atoms with E-state index < -0.39 is 0 Å². The molecule has 0 aliphatic heterocycles. The zero-order valence-corrected chi connectivity index (χ0v) is 25.3. The van der Waals surface area contributed by atoms with Gasteiger partial charge in [-0.3, -0.25) is 0 Å². The third kappa shape index (κ3) is 4.72. The number of rotatable bonds is 6. The molecule has 46 heavy (non-hydrogen) atoms. The van der Waals surface area contributed by atoms with Crippen molar-refractivity contribution in [3.63, 3.8) is 0 Å². The molecule has 6 aromatic carbocycles. The summed E-state index contributed by atoms with van der Waals surface area (Å²) in [6.07, 6.45) is 0. The summed E-state index contributed by atoms with van der Waals surface area (Å²) >= 11 is 1.82. The molecule has 0 aliphatic rings. The molecule has 218 valence electrons. The van der Waals surface area contributed by atoms with E-state index in [1.165, 1.54) is 20.5 Å². The second-order valence-corrected chi connectivity index (χ2v) is 12.2. The van der Waals surface area contributed by atoms with Crippen LogP contribution in [0.25, 0.3) is 65.6 Å². The second-order valence-electron chi connectivity index (χ2n) is 11.1. The summed E-state index contributed by atoms with van der Waals surface area (Å²) in [6.45, 7) is 0. The number of hydrogen-bond acceptors (Lipinski definition) is 6. The molecule has 0 unspecified atom stereocenters. The average molecular weight is 612 g/mol. The summed E-state index contributed by atoms with van der Waals surface area (Å²) in [6, 6.07) is 51.9. The highest BCUT2D eigenvalue weighted by Gasteiger charge is 2.16. The van der Waals surface area contributed by atoms with E-state index in [2.05, 4.69) is 118 Å². The van der Waals surface area contributed by atoms with Gasteiger partial charge in [0.2, 0.25) is 11.8 Å². The normalized spacial score (nSPS) is 11.5. The molecular weight excluding hydrogens is 587 g/mol. The molecular formula is C40H25N3O2S. The van der Waals surface area contributed by atoms with Crippen LogP contribution in [0.3, 0.4) is 0 Å². The smallest absolute Gasteiger partial charge is 0.227 e. The number of para-hydroxylation sites is 4. The lowest BCUT2D eigenvalue weighted by atomic mass is 10.1. The molecule has 0 amide bonds. The van der Waals surface area contributed by atoms with Crippen LogP contribution in [0.4, 0.5) is 17.1 Å². The van der Waals surface area contributed by atoms with Crippen molar-refractivity contribution in [2.75, 3.05) is 4.90 Å². The van der Waals surface area contributed by atoms with E-state index >= 15 is 0 Å². The maximum atomic E-state index is 6.04. The summed E-state index contributed by atoms with van der Waals surface area (Å²) in [5.41, 5.74) is 9.38. The van der Waals surface area contributed by atoms with Crippen LogP contribution in [0.2, 0.25) is 0 Å². The zero-order chi connectivity index (χ0) is 30.5. The third-order valence-corrected chi connectivity index (χ3v) is 9.33. The third-order valence-electron chi connectivity index (χ3n) is 8.17. The van der Waals surface area contributed by atoms with Gasteiger partial charge in [-0.1, -0.05) is 54.6 Å². The first-order chi connectivity index (χ1) is 22.7. The van der Waals surface area contributed by atoms with Crippen LogP contribution < -0.4 is 4.90 Å². The number of anilines is 3. The van der Waals surface area contributed by atoms with Gasteiger partial charge in [0.1, 0.15) is 11.0 Å². The predicted octanol–water partition coefficient (Wildman–Crippen LogP) is 11.7. The summed E-state index contributed by atoms with van der Waals surface area (Å²) in [4.78, 5) is 12.9. The topological polar surface area (TPSA) is 55.3 Å². The van der Waals surface area contributed by atoms with E-state index in [0.717, 1.165) is 50.4 Å². The highest BCUT2D eigenvalue weighted by Crippen LogP contribution is 2.39. The number of nitrogens with zero attached hydrogens (tertiary/aromatic N) is 3. The van der Waals surface area contributed by atoms with E-state index in [4.69, 9.17) is 8.83 Å². The van der Waals surface area contributed by atoms with E-state index in [1.807, 2.05) is 59.9 Å². The highest BCUT2D eigenvalue weighted by molar-refractivity contribution is 7.22. The number of thiophene rings is 1. The van der Waals surface area contributed by atoms with Crippen molar-refractivity contribution in [3.05, 3.63) is 152 Å². The van der Waals surface area contributed by atoms with Gasteiger partial charge >= 0.3 is 0 Å². The van der Waals surface area contributed by atoms with Gasteiger partial charge in [-0.05, 0) is 108 Å². The Morgan fingerprint density at radius 1 is 0.457 bits per heavy atom. The number of oxazole rings is 2. The summed E-state index contributed by atoms with van der Waals surface area (Å²) in [5, 5.41) is 1.27. The number of hydrogen-bond donors (Lipinski definition) is 0. The molecule has 0 bridgehead atoms. The highest BCUT2D eigenvalue weighted by atomic mass is 32.1. The lowest BCUT2D eigenvalue weighted by molar-refractivity contribution is 0.619. The van der Waals surface area contributed by atoms with Crippen LogP contribution in [-0.2, 0) is 0 Å². The minimum Gasteiger partial charge on any atom is -0.436 e. The summed E-state index contributed by atoms with van der Waals surface area (Å²) in [5.74, 6) is 1.21. The molecule has 0 saturated carbocycles. The van der Waals surface area contributed by atoms with Crippen molar-refractivity contribution >= 4 is 60.7 Å². The summed E-state index contributed by atoms with van der Waals surface area (Å²) in [7, 11) is 0. The first-order valence-corrected chi connectivity index (χ1v) is 15.9. The second kappa shape index (κ2) is 10.9. The number of aromatic nitrogens is 2. The molecule has 0 fully saturated rings. The number of benzene rings is 6. The largest absolute Gasteiger partial charge is 0.436 e. The molecule has 6 heteroatoms. The fourth-order valence-electron chi connectivity index (χ4n) is 5.84. The molecule has 9 aromatic rings. The van der Waals surface area contributed by atoms with Crippen molar-refractivity contribution in [1.29, 1.82) is 0 Å². The van der Waals surface area contributed by atoms with Gasteiger partial charge in [0, 0.05) is 37.8 Å². The quantitative estimate of drug-likeness (QED) is 0.187. The molecule has 9 rings (SSSR count). The molecule has 5 nitrogen and oxygen atoms in total. The van der Waals surface area contributed by atoms with Crippen LogP contribution in [0, 0.1) is 0 Å². The first kappa shape index (κ1) is 26.4.